The third-order valence-electron chi connectivity index (χ3n) is 4.13. The van der Waals surface area contributed by atoms with Crippen molar-refractivity contribution in [2.45, 2.75) is 38.8 Å². The Morgan fingerprint density at radius 3 is 3.00 bits per heavy atom. The molecular weight excluding hydrogens is 287 g/mol. The molecule has 1 aliphatic rings. The average molecular weight is 307 g/mol. The molecule has 0 fully saturated rings. The number of aromatic nitrogens is 1. The highest BCUT2D eigenvalue weighted by molar-refractivity contribution is 6.30. The molecular formula is C17H20ClFN2. The van der Waals surface area contributed by atoms with Gasteiger partial charge in [-0.2, -0.15) is 0 Å². The lowest BCUT2D eigenvalue weighted by atomic mass is 9.91. The number of aryl methyl sites for hydroxylation is 1. The molecule has 3 rings (SSSR count). The second kappa shape index (κ2) is 6.20. The molecule has 0 amide bonds. The van der Waals surface area contributed by atoms with Crippen LogP contribution in [0.5, 0.6) is 0 Å². The van der Waals surface area contributed by atoms with Crippen LogP contribution in [0.1, 0.15) is 42.5 Å². The van der Waals surface area contributed by atoms with Gasteiger partial charge in [0.25, 0.3) is 0 Å². The van der Waals surface area contributed by atoms with E-state index in [1.807, 2.05) is 0 Å². The van der Waals surface area contributed by atoms with Gasteiger partial charge in [0.05, 0.1) is 0 Å². The van der Waals surface area contributed by atoms with Crippen molar-refractivity contribution >= 4 is 11.6 Å². The second-order valence-electron chi connectivity index (χ2n) is 5.65. The molecule has 0 saturated heterocycles. The summed E-state index contributed by atoms with van der Waals surface area (Å²) in [4.78, 5) is 0. The van der Waals surface area contributed by atoms with Crippen molar-refractivity contribution in [3.05, 3.63) is 58.1 Å². The van der Waals surface area contributed by atoms with Gasteiger partial charge >= 0.3 is 0 Å². The summed E-state index contributed by atoms with van der Waals surface area (Å²) in [5.74, 6) is -0.239. The van der Waals surface area contributed by atoms with E-state index in [0.29, 0.717) is 23.2 Å². The highest BCUT2D eigenvalue weighted by Gasteiger charge is 2.21. The fraction of sp³-hybridized carbons (Fsp3) is 0.412. The zero-order chi connectivity index (χ0) is 14.8. The van der Waals surface area contributed by atoms with E-state index in [1.54, 1.807) is 12.1 Å². The SMILES string of the molecule is CCNC1CCCc2cn(Cc3ccc(Cl)cc3F)cc21. The average Bonchev–Trinajstić information content (AvgIpc) is 2.86. The van der Waals surface area contributed by atoms with Gasteiger partial charge in [0, 0.05) is 35.6 Å². The molecule has 0 aliphatic heterocycles. The molecule has 0 spiro atoms. The zero-order valence-electron chi connectivity index (χ0n) is 12.2. The van der Waals surface area contributed by atoms with Crippen LogP contribution in [0.2, 0.25) is 5.02 Å². The summed E-state index contributed by atoms with van der Waals surface area (Å²) in [6.45, 7) is 3.66. The quantitative estimate of drug-likeness (QED) is 0.890. The van der Waals surface area contributed by atoms with Gasteiger partial charge < -0.3 is 9.88 Å². The molecule has 1 N–H and O–H groups in total. The van der Waals surface area contributed by atoms with Crippen molar-refractivity contribution in [3.8, 4) is 0 Å². The molecule has 21 heavy (non-hydrogen) atoms. The van der Waals surface area contributed by atoms with E-state index >= 15 is 0 Å². The van der Waals surface area contributed by atoms with Crippen molar-refractivity contribution < 1.29 is 4.39 Å². The van der Waals surface area contributed by atoms with E-state index in [9.17, 15) is 4.39 Å². The minimum Gasteiger partial charge on any atom is -0.349 e. The number of halogens is 2. The fourth-order valence-electron chi connectivity index (χ4n) is 3.14. The first-order valence-electron chi connectivity index (χ1n) is 7.53. The van der Waals surface area contributed by atoms with Crippen molar-refractivity contribution in [1.82, 2.24) is 9.88 Å². The van der Waals surface area contributed by atoms with Gasteiger partial charge in [-0.25, -0.2) is 4.39 Å². The monoisotopic (exact) mass is 306 g/mol. The van der Waals surface area contributed by atoms with Gasteiger partial charge in [0.15, 0.2) is 0 Å². The number of hydrogen-bond donors (Lipinski definition) is 1. The third-order valence-corrected chi connectivity index (χ3v) is 4.37. The van der Waals surface area contributed by atoms with Gasteiger partial charge in [0.2, 0.25) is 0 Å². The summed E-state index contributed by atoms with van der Waals surface area (Å²) < 4.78 is 16.0. The summed E-state index contributed by atoms with van der Waals surface area (Å²) in [5, 5.41) is 3.97. The van der Waals surface area contributed by atoms with E-state index in [1.165, 1.54) is 30.0 Å². The number of fused-ring (bicyclic) bond motifs is 1. The Bertz CT molecular complexity index is 636. The zero-order valence-corrected chi connectivity index (χ0v) is 13.0. The maximum Gasteiger partial charge on any atom is 0.129 e. The Hall–Kier alpha value is -1.32. The van der Waals surface area contributed by atoms with Crippen LogP contribution in [0.25, 0.3) is 0 Å². The summed E-state index contributed by atoms with van der Waals surface area (Å²) >= 11 is 5.80. The van der Waals surface area contributed by atoms with Crippen molar-refractivity contribution in [2.24, 2.45) is 0 Å². The van der Waals surface area contributed by atoms with Crippen molar-refractivity contribution in [3.63, 3.8) is 0 Å². The first-order valence-corrected chi connectivity index (χ1v) is 7.91. The van der Waals surface area contributed by atoms with Crippen LogP contribution >= 0.6 is 11.6 Å². The van der Waals surface area contributed by atoms with Gasteiger partial charge in [-0.15, -0.1) is 0 Å². The van der Waals surface area contributed by atoms with Crippen LogP contribution in [0.15, 0.2) is 30.6 Å². The molecule has 0 bridgehead atoms. The van der Waals surface area contributed by atoms with E-state index in [4.69, 9.17) is 11.6 Å². The highest BCUT2D eigenvalue weighted by Crippen LogP contribution is 2.30. The fourth-order valence-corrected chi connectivity index (χ4v) is 3.30. The van der Waals surface area contributed by atoms with Gasteiger partial charge in [-0.3, -0.25) is 0 Å². The Labute approximate surface area is 129 Å². The molecule has 4 heteroatoms. The minimum absolute atomic E-state index is 0.239. The molecule has 1 unspecified atom stereocenters. The normalized spacial score (nSPS) is 17.8. The minimum atomic E-state index is -0.239. The molecule has 1 heterocycles. The van der Waals surface area contributed by atoms with E-state index in [0.717, 1.165) is 13.0 Å². The summed E-state index contributed by atoms with van der Waals surface area (Å²) in [6, 6.07) is 5.32. The van der Waals surface area contributed by atoms with E-state index in [2.05, 4.69) is 29.2 Å². The second-order valence-corrected chi connectivity index (χ2v) is 6.09. The van der Waals surface area contributed by atoms with Crippen LogP contribution in [0, 0.1) is 5.82 Å². The van der Waals surface area contributed by atoms with Crippen LogP contribution < -0.4 is 5.32 Å². The molecule has 1 aromatic heterocycles. The molecule has 0 radical (unpaired) electrons. The number of benzene rings is 1. The predicted octanol–water partition coefficient (Wildman–Crippen LogP) is 4.32. The molecule has 1 atom stereocenters. The Morgan fingerprint density at radius 2 is 2.24 bits per heavy atom. The Kier molecular flexibility index (Phi) is 4.32. The maximum absolute atomic E-state index is 13.9. The molecule has 1 aliphatic carbocycles. The number of nitrogens with one attached hydrogen (secondary N) is 1. The van der Waals surface area contributed by atoms with Gasteiger partial charge in [0.1, 0.15) is 5.82 Å². The molecule has 0 saturated carbocycles. The van der Waals surface area contributed by atoms with Crippen LogP contribution in [0.3, 0.4) is 0 Å². The molecule has 112 valence electrons. The molecule has 1 aromatic carbocycles. The largest absolute Gasteiger partial charge is 0.349 e. The third kappa shape index (κ3) is 3.14. The topological polar surface area (TPSA) is 17.0 Å². The maximum atomic E-state index is 13.9. The Morgan fingerprint density at radius 1 is 1.38 bits per heavy atom. The van der Waals surface area contributed by atoms with Crippen molar-refractivity contribution in [1.29, 1.82) is 0 Å². The predicted molar refractivity (Wildman–Crippen MR) is 84.3 cm³/mol. The lowest BCUT2D eigenvalue weighted by molar-refractivity contribution is 0.473. The number of nitrogens with zero attached hydrogens (tertiary/aromatic N) is 1. The first-order chi connectivity index (χ1) is 10.2. The van der Waals surface area contributed by atoms with Crippen LogP contribution in [-0.2, 0) is 13.0 Å². The summed E-state index contributed by atoms with van der Waals surface area (Å²) in [7, 11) is 0. The number of hydrogen-bond acceptors (Lipinski definition) is 1. The molecule has 2 nitrogen and oxygen atoms in total. The van der Waals surface area contributed by atoms with Crippen LogP contribution in [-0.4, -0.2) is 11.1 Å². The number of rotatable bonds is 4. The summed E-state index contributed by atoms with van der Waals surface area (Å²) in [6.07, 6.45) is 7.83. The first kappa shape index (κ1) is 14.6. The lowest BCUT2D eigenvalue weighted by Crippen LogP contribution is -2.23. The van der Waals surface area contributed by atoms with Gasteiger partial charge in [-0.1, -0.05) is 24.6 Å². The van der Waals surface area contributed by atoms with Gasteiger partial charge in [-0.05, 0) is 49.1 Å². The lowest BCUT2D eigenvalue weighted by Gasteiger charge is -2.22. The highest BCUT2D eigenvalue weighted by atomic mass is 35.5. The Balaban J connectivity index is 1.84. The van der Waals surface area contributed by atoms with Crippen LogP contribution in [0.4, 0.5) is 4.39 Å². The van der Waals surface area contributed by atoms with E-state index < -0.39 is 0 Å². The van der Waals surface area contributed by atoms with E-state index in [-0.39, 0.29) is 5.82 Å². The standard InChI is InChI=1S/C17H20ClFN2/c1-2-20-17-5-3-4-12-9-21(11-15(12)17)10-13-6-7-14(18)8-16(13)19/h6-9,11,17,20H,2-5,10H2,1H3. The smallest absolute Gasteiger partial charge is 0.129 e. The molecule has 2 aromatic rings. The van der Waals surface area contributed by atoms with Crippen molar-refractivity contribution in [2.75, 3.05) is 6.54 Å². The summed E-state index contributed by atoms with van der Waals surface area (Å²) in [5.41, 5.74) is 3.44.